The van der Waals surface area contributed by atoms with E-state index in [1.54, 1.807) is 0 Å². The van der Waals surface area contributed by atoms with Crippen molar-refractivity contribution in [1.82, 2.24) is 5.16 Å². The van der Waals surface area contributed by atoms with Crippen LogP contribution in [-0.2, 0) is 12.0 Å². The molecule has 3 heteroatoms. The number of benzene rings is 1. The van der Waals surface area contributed by atoms with Crippen molar-refractivity contribution in [2.45, 2.75) is 39.7 Å². The molecule has 0 saturated heterocycles. The quantitative estimate of drug-likeness (QED) is 0.881. The lowest BCUT2D eigenvalue weighted by molar-refractivity contribution is 0.278. The van der Waals surface area contributed by atoms with Gasteiger partial charge in [0.2, 0.25) is 0 Å². The molecular weight excluding hydrogens is 226 g/mol. The molecule has 0 atom stereocenters. The van der Waals surface area contributed by atoms with Crippen LogP contribution in [0.3, 0.4) is 0 Å². The molecule has 1 aromatic carbocycles. The van der Waals surface area contributed by atoms with E-state index in [1.165, 1.54) is 5.56 Å². The van der Waals surface area contributed by atoms with Crippen molar-refractivity contribution in [1.29, 1.82) is 0 Å². The van der Waals surface area contributed by atoms with Gasteiger partial charge in [-0.3, -0.25) is 0 Å². The lowest BCUT2D eigenvalue weighted by atomic mass is 9.86. The Bertz CT molecular complexity index is 533. The van der Waals surface area contributed by atoms with E-state index in [4.69, 9.17) is 4.52 Å². The van der Waals surface area contributed by atoms with Gasteiger partial charge in [-0.2, -0.15) is 0 Å². The maximum atomic E-state index is 9.33. The summed E-state index contributed by atoms with van der Waals surface area (Å²) >= 11 is 0. The van der Waals surface area contributed by atoms with Gasteiger partial charge >= 0.3 is 0 Å². The highest BCUT2D eigenvalue weighted by molar-refractivity contribution is 5.63. The number of rotatable bonds is 2. The topological polar surface area (TPSA) is 46.3 Å². The minimum Gasteiger partial charge on any atom is -0.391 e. The molecule has 96 valence electrons. The molecule has 0 fully saturated rings. The first kappa shape index (κ1) is 12.8. The van der Waals surface area contributed by atoms with E-state index >= 15 is 0 Å². The number of hydrogen-bond donors (Lipinski definition) is 1. The second-order valence-corrected chi connectivity index (χ2v) is 5.55. The number of aryl methyl sites for hydroxylation is 1. The number of aliphatic hydroxyl groups is 1. The Morgan fingerprint density at radius 3 is 2.28 bits per heavy atom. The molecule has 1 N–H and O–H groups in total. The molecule has 3 nitrogen and oxygen atoms in total. The van der Waals surface area contributed by atoms with E-state index < -0.39 is 0 Å². The summed E-state index contributed by atoms with van der Waals surface area (Å²) < 4.78 is 5.13. The Morgan fingerprint density at radius 2 is 1.78 bits per heavy atom. The van der Waals surface area contributed by atoms with Crippen molar-refractivity contribution >= 4 is 0 Å². The fourth-order valence-corrected chi connectivity index (χ4v) is 1.93. The van der Waals surface area contributed by atoms with Crippen molar-refractivity contribution in [3.8, 4) is 11.3 Å². The maximum Gasteiger partial charge on any atom is 0.139 e. The Morgan fingerprint density at radius 1 is 1.17 bits per heavy atom. The molecule has 2 rings (SSSR count). The molecule has 2 aromatic rings. The van der Waals surface area contributed by atoms with Gasteiger partial charge in [-0.15, -0.1) is 0 Å². The highest BCUT2D eigenvalue weighted by atomic mass is 16.5. The van der Waals surface area contributed by atoms with Gasteiger partial charge in [-0.1, -0.05) is 50.2 Å². The summed E-state index contributed by atoms with van der Waals surface area (Å²) in [4.78, 5) is 0. The van der Waals surface area contributed by atoms with Crippen LogP contribution in [0.2, 0.25) is 0 Å². The number of nitrogens with zero attached hydrogens (tertiary/aromatic N) is 1. The monoisotopic (exact) mass is 245 g/mol. The van der Waals surface area contributed by atoms with Gasteiger partial charge in [0.05, 0.1) is 6.61 Å². The minimum absolute atomic E-state index is 0.0499. The summed E-state index contributed by atoms with van der Waals surface area (Å²) in [7, 11) is 0. The van der Waals surface area contributed by atoms with E-state index in [9.17, 15) is 5.11 Å². The first-order chi connectivity index (χ1) is 8.43. The normalized spacial score (nSPS) is 11.8. The Labute approximate surface area is 107 Å². The summed E-state index contributed by atoms with van der Waals surface area (Å²) in [6, 6.07) is 8.25. The average Bonchev–Trinajstić information content (AvgIpc) is 2.69. The van der Waals surface area contributed by atoms with Crippen LogP contribution >= 0.6 is 0 Å². The second-order valence-electron chi connectivity index (χ2n) is 5.55. The fraction of sp³-hybridized carbons (Fsp3) is 0.400. The summed E-state index contributed by atoms with van der Waals surface area (Å²) in [5.41, 5.74) is 3.88. The second kappa shape index (κ2) is 4.58. The largest absolute Gasteiger partial charge is 0.391 e. The molecule has 0 saturated carbocycles. The Kier molecular flexibility index (Phi) is 3.26. The van der Waals surface area contributed by atoms with Crippen LogP contribution in [0.1, 0.15) is 37.7 Å². The van der Waals surface area contributed by atoms with Crippen LogP contribution in [0, 0.1) is 6.92 Å². The van der Waals surface area contributed by atoms with E-state index in [0.29, 0.717) is 5.76 Å². The summed E-state index contributed by atoms with van der Waals surface area (Å²) in [6.45, 7) is 8.31. The molecule has 0 aliphatic rings. The number of aliphatic hydroxyl groups excluding tert-OH is 1. The highest BCUT2D eigenvalue weighted by Gasteiger charge is 2.16. The molecule has 0 unspecified atom stereocenters. The molecule has 0 aliphatic heterocycles. The molecule has 0 amide bonds. The third-order valence-corrected chi connectivity index (χ3v) is 3.17. The van der Waals surface area contributed by atoms with Crippen molar-refractivity contribution < 1.29 is 9.63 Å². The van der Waals surface area contributed by atoms with Gasteiger partial charge in [0.25, 0.3) is 0 Å². The molecule has 0 radical (unpaired) electrons. The first-order valence-corrected chi connectivity index (χ1v) is 6.10. The fourth-order valence-electron chi connectivity index (χ4n) is 1.93. The highest BCUT2D eigenvalue weighted by Crippen LogP contribution is 2.28. The van der Waals surface area contributed by atoms with E-state index in [2.05, 4.69) is 38.1 Å². The third kappa shape index (κ3) is 2.31. The smallest absolute Gasteiger partial charge is 0.139 e. The Hall–Kier alpha value is -1.61. The average molecular weight is 245 g/mol. The van der Waals surface area contributed by atoms with Crippen molar-refractivity contribution in [3.05, 3.63) is 41.2 Å². The van der Waals surface area contributed by atoms with Crippen LogP contribution in [0.15, 0.2) is 28.8 Å². The van der Waals surface area contributed by atoms with Gasteiger partial charge in [0.15, 0.2) is 0 Å². The minimum atomic E-state index is -0.0499. The zero-order chi connectivity index (χ0) is 13.3. The standard InChI is InChI=1S/C15H19NO2/c1-10-13(9-17)14(16-18-10)11-5-7-12(8-6-11)15(2,3)4/h5-8,17H,9H2,1-4H3. The van der Waals surface area contributed by atoms with Gasteiger partial charge in [0, 0.05) is 11.1 Å². The zero-order valence-corrected chi connectivity index (χ0v) is 11.3. The lowest BCUT2D eigenvalue weighted by Gasteiger charge is -2.18. The van der Waals surface area contributed by atoms with E-state index in [0.717, 1.165) is 16.8 Å². The van der Waals surface area contributed by atoms with Gasteiger partial charge in [0.1, 0.15) is 11.5 Å². The first-order valence-electron chi connectivity index (χ1n) is 6.10. The van der Waals surface area contributed by atoms with Crippen molar-refractivity contribution in [3.63, 3.8) is 0 Å². The third-order valence-electron chi connectivity index (χ3n) is 3.17. The van der Waals surface area contributed by atoms with E-state index in [-0.39, 0.29) is 12.0 Å². The zero-order valence-electron chi connectivity index (χ0n) is 11.3. The van der Waals surface area contributed by atoms with Crippen molar-refractivity contribution in [2.75, 3.05) is 0 Å². The maximum absolute atomic E-state index is 9.33. The van der Waals surface area contributed by atoms with Crippen LogP contribution in [0.4, 0.5) is 0 Å². The summed E-state index contributed by atoms with van der Waals surface area (Å²) in [5, 5.41) is 13.3. The van der Waals surface area contributed by atoms with E-state index in [1.807, 2.05) is 19.1 Å². The molecule has 0 spiro atoms. The molecule has 0 bridgehead atoms. The summed E-state index contributed by atoms with van der Waals surface area (Å²) in [5.74, 6) is 0.674. The van der Waals surface area contributed by atoms with Crippen LogP contribution in [0.5, 0.6) is 0 Å². The predicted molar refractivity (Wildman–Crippen MR) is 71.3 cm³/mol. The van der Waals surface area contributed by atoms with Gasteiger partial charge < -0.3 is 9.63 Å². The molecule has 0 aliphatic carbocycles. The van der Waals surface area contributed by atoms with Crippen LogP contribution in [-0.4, -0.2) is 10.3 Å². The number of aromatic nitrogens is 1. The molecular formula is C15H19NO2. The SMILES string of the molecule is Cc1onc(-c2ccc(C(C)(C)C)cc2)c1CO. The number of hydrogen-bond acceptors (Lipinski definition) is 3. The predicted octanol–water partition coefficient (Wildman–Crippen LogP) is 3.44. The van der Waals surface area contributed by atoms with Gasteiger partial charge in [-0.05, 0) is 17.9 Å². The lowest BCUT2D eigenvalue weighted by Crippen LogP contribution is -2.10. The molecule has 1 heterocycles. The molecule has 18 heavy (non-hydrogen) atoms. The van der Waals surface area contributed by atoms with Crippen molar-refractivity contribution in [2.24, 2.45) is 0 Å². The summed E-state index contributed by atoms with van der Waals surface area (Å²) in [6.07, 6.45) is 0. The van der Waals surface area contributed by atoms with Crippen LogP contribution in [0.25, 0.3) is 11.3 Å². The van der Waals surface area contributed by atoms with Gasteiger partial charge in [-0.25, -0.2) is 0 Å². The molecule has 1 aromatic heterocycles. The van der Waals surface area contributed by atoms with Crippen LogP contribution < -0.4 is 0 Å². The Balaban J connectivity index is 2.40.